The standard InChI is InChI=1S/C17H27N3O5S/c1-11(2)16(17(21)19-10-12(3)18-4)20-26(22,23)13-5-6-14-15(9-13)25-8-7-24-14/h5-6,9,11-12,16,18,20H,7-8,10H2,1-4H3,(H,19,21). The van der Waals surface area contributed by atoms with Crippen molar-refractivity contribution < 1.29 is 22.7 Å². The molecule has 2 unspecified atom stereocenters. The fourth-order valence-electron chi connectivity index (χ4n) is 2.38. The molecular weight excluding hydrogens is 358 g/mol. The second kappa shape index (κ2) is 8.70. The van der Waals surface area contributed by atoms with E-state index in [2.05, 4.69) is 15.4 Å². The highest BCUT2D eigenvalue weighted by Crippen LogP contribution is 2.32. The van der Waals surface area contributed by atoms with Crippen LogP contribution in [-0.2, 0) is 14.8 Å². The Morgan fingerprint density at radius 2 is 1.81 bits per heavy atom. The van der Waals surface area contributed by atoms with E-state index < -0.39 is 16.1 Å². The van der Waals surface area contributed by atoms with Gasteiger partial charge in [0.2, 0.25) is 15.9 Å². The minimum atomic E-state index is -3.89. The summed E-state index contributed by atoms with van der Waals surface area (Å²) in [5.74, 6) is 0.317. The van der Waals surface area contributed by atoms with Crippen LogP contribution >= 0.6 is 0 Å². The molecule has 8 nitrogen and oxygen atoms in total. The lowest BCUT2D eigenvalue weighted by Gasteiger charge is -2.23. The van der Waals surface area contributed by atoms with Gasteiger partial charge >= 0.3 is 0 Å². The van der Waals surface area contributed by atoms with Crippen LogP contribution in [-0.4, -0.2) is 53.2 Å². The van der Waals surface area contributed by atoms with E-state index in [0.717, 1.165) is 0 Å². The van der Waals surface area contributed by atoms with E-state index in [9.17, 15) is 13.2 Å². The summed E-state index contributed by atoms with van der Waals surface area (Å²) in [5, 5.41) is 5.78. The van der Waals surface area contributed by atoms with Crippen LogP contribution in [0.2, 0.25) is 0 Å². The summed E-state index contributed by atoms with van der Waals surface area (Å²) in [7, 11) is -2.10. The summed E-state index contributed by atoms with van der Waals surface area (Å²) in [6.45, 7) is 6.70. The third kappa shape index (κ3) is 5.09. The van der Waals surface area contributed by atoms with E-state index >= 15 is 0 Å². The first-order valence-corrected chi connectivity index (χ1v) is 10.1. The van der Waals surface area contributed by atoms with Gasteiger partial charge in [-0.05, 0) is 32.0 Å². The van der Waals surface area contributed by atoms with Crippen LogP contribution in [0.4, 0.5) is 0 Å². The SMILES string of the molecule is CNC(C)CNC(=O)C(NS(=O)(=O)c1ccc2c(c1)OCCO2)C(C)C. The number of sulfonamides is 1. The van der Waals surface area contributed by atoms with Crippen LogP contribution in [0, 0.1) is 5.92 Å². The number of rotatable bonds is 8. The molecule has 2 rings (SSSR count). The molecule has 1 aliphatic heterocycles. The third-order valence-electron chi connectivity index (χ3n) is 4.13. The van der Waals surface area contributed by atoms with Crippen molar-refractivity contribution in [1.29, 1.82) is 0 Å². The van der Waals surface area contributed by atoms with E-state index in [1.807, 2.05) is 6.92 Å². The summed E-state index contributed by atoms with van der Waals surface area (Å²) in [4.78, 5) is 12.5. The largest absolute Gasteiger partial charge is 0.486 e. The topological polar surface area (TPSA) is 106 Å². The number of carbonyl (C=O) groups excluding carboxylic acids is 1. The molecule has 0 saturated heterocycles. The van der Waals surface area contributed by atoms with Crippen LogP contribution in [0.1, 0.15) is 20.8 Å². The lowest BCUT2D eigenvalue weighted by atomic mass is 10.1. The number of benzene rings is 1. The Kier molecular flexibility index (Phi) is 6.85. The number of carbonyl (C=O) groups is 1. The molecule has 0 spiro atoms. The average molecular weight is 385 g/mol. The number of amides is 1. The van der Waals surface area contributed by atoms with Gasteiger partial charge in [-0.1, -0.05) is 13.8 Å². The van der Waals surface area contributed by atoms with Crippen molar-refractivity contribution in [3.8, 4) is 11.5 Å². The Morgan fingerprint density at radius 1 is 1.15 bits per heavy atom. The molecule has 0 bridgehead atoms. The summed E-state index contributed by atoms with van der Waals surface area (Å²) in [6.07, 6.45) is 0. The highest BCUT2D eigenvalue weighted by atomic mass is 32.2. The van der Waals surface area contributed by atoms with E-state index in [-0.39, 0.29) is 22.8 Å². The van der Waals surface area contributed by atoms with E-state index in [1.165, 1.54) is 12.1 Å². The monoisotopic (exact) mass is 385 g/mol. The van der Waals surface area contributed by atoms with Gasteiger partial charge in [-0.2, -0.15) is 4.72 Å². The van der Waals surface area contributed by atoms with Crippen molar-refractivity contribution in [3.05, 3.63) is 18.2 Å². The van der Waals surface area contributed by atoms with Gasteiger partial charge in [0, 0.05) is 18.7 Å². The predicted octanol–water partition coefficient (Wildman–Crippen LogP) is 0.485. The Bertz CT molecular complexity index is 736. The predicted molar refractivity (Wildman–Crippen MR) is 97.9 cm³/mol. The van der Waals surface area contributed by atoms with E-state index in [1.54, 1.807) is 27.0 Å². The highest BCUT2D eigenvalue weighted by molar-refractivity contribution is 7.89. The van der Waals surface area contributed by atoms with E-state index in [0.29, 0.717) is 31.3 Å². The van der Waals surface area contributed by atoms with Gasteiger partial charge < -0.3 is 20.1 Å². The van der Waals surface area contributed by atoms with Crippen LogP contribution < -0.4 is 24.8 Å². The lowest BCUT2D eigenvalue weighted by Crippen LogP contribution is -2.51. The van der Waals surface area contributed by atoms with Crippen LogP contribution in [0.5, 0.6) is 11.5 Å². The van der Waals surface area contributed by atoms with Crippen molar-refractivity contribution in [2.75, 3.05) is 26.8 Å². The van der Waals surface area contributed by atoms with Gasteiger partial charge in [-0.3, -0.25) is 4.79 Å². The average Bonchev–Trinajstić information content (AvgIpc) is 2.63. The van der Waals surface area contributed by atoms with Crippen molar-refractivity contribution in [2.45, 2.75) is 37.8 Å². The molecule has 1 aromatic carbocycles. The quantitative estimate of drug-likeness (QED) is 0.601. The Labute approximate surface area is 154 Å². The number of hydrogen-bond donors (Lipinski definition) is 3. The number of nitrogens with one attached hydrogen (secondary N) is 3. The summed E-state index contributed by atoms with van der Waals surface area (Å²) in [6, 6.07) is 3.62. The Balaban J connectivity index is 2.15. The van der Waals surface area contributed by atoms with E-state index in [4.69, 9.17) is 9.47 Å². The Morgan fingerprint density at radius 3 is 2.42 bits per heavy atom. The van der Waals surface area contributed by atoms with Gasteiger partial charge in [0.05, 0.1) is 4.90 Å². The molecule has 0 aliphatic carbocycles. The van der Waals surface area contributed by atoms with Crippen molar-refractivity contribution in [1.82, 2.24) is 15.4 Å². The molecular formula is C17H27N3O5S. The molecule has 2 atom stereocenters. The molecule has 146 valence electrons. The molecule has 1 aromatic rings. The van der Waals surface area contributed by atoms with Gasteiger partial charge in [0.15, 0.2) is 11.5 Å². The summed E-state index contributed by atoms with van der Waals surface area (Å²) >= 11 is 0. The first-order valence-electron chi connectivity index (χ1n) is 8.61. The lowest BCUT2D eigenvalue weighted by molar-refractivity contribution is -0.123. The fourth-order valence-corrected chi connectivity index (χ4v) is 3.74. The number of ether oxygens (including phenoxy) is 2. The molecule has 0 saturated carbocycles. The molecule has 0 fully saturated rings. The second-order valence-corrected chi connectivity index (χ2v) is 8.30. The Hall–Kier alpha value is -1.84. The van der Waals surface area contributed by atoms with Gasteiger partial charge in [-0.25, -0.2) is 8.42 Å². The minimum Gasteiger partial charge on any atom is -0.486 e. The normalized spacial score (nSPS) is 16.2. The second-order valence-electron chi connectivity index (χ2n) is 6.58. The third-order valence-corrected chi connectivity index (χ3v) is 5.57. The smallest absolute Gasteiger partial charge is 0.241 e. The maximum Gasteiger partial charge on any atom is 0.241 e. The van der Waals surface area contributed by atoms with Crippen LogP contribution in [0.15, 0.2) is 23.1 Å². The number of likely N-dealkylation sites (N-methyl/N-ethyl adjacent to an activating group) is 1. The first-order chi connectivity index (χ1) is 12.2. The number of fused-ring (bicyclic) bond motifs is 1. The summed E-state index contributed by atoms with van der Waals surface area (Å²) < 4.78 is 38.8. The summed E-state index contributed by atoms with van der Waals surface area (Å²) in [5.41, 5.74) is 0. The number of hydrogen-bond acceptors (Lipinski definition) is 6. The zero-order chi connectivity index (χ0) is 19.3. The molecule has 1 heterocycles. The maximum atomic E-state index is 12.7. The van der Waals surface area contributed by atoms with Gasteiger partial charge in [0.1, 0.15) is 19.3 Å². The van der Waals surface area contributed by atoms with Gasteiger partial charge in [-0.15, -0.1) is 0 Å². The molecule has 1 aliphatic rings. The molecule has 3 N–H and O–H groups in total. The molecule has 0 aromatic heterocycles. The molecule has 26 heavy (non-hydrogen) atoms. The maximum absolute atomic E-state index is 12.7. The zero-order valence-electron chi connectivity index (χ0n) is 15.5. The fraction of sp³-hybridized carbons (Fsp3) is 0.588. The minimum absolute atomic E-state index is 0.0313. The molecule has 0 radical (unpaired) electrons. The van der Waals surface area contributed by atoms with Crippen molar-refractivity contribution in [3.63, 3.8) is 0 Å². The van der Waals surface area contributed by atoms with Crippen molar-refractivity contribution in [2.24, 2.45) is 5.92 Å². The highest BCUT2D eigenvalue weighted by Gasteiger charge is 2.29. The van der Waals surface area contributed by atoms with Crippen molar-refractivity contribution >= 4 is 15.9 Å². The molecule has 9 heteroatoms. The van der Waals surface area contributed by atoms with Crippen LogP contribution in [0.3, 0.4) is 0 Å². The van der Waals surface area contributed by atoms with Gasteiger partial charge in [0.25, 0.3) is 0 Å². The first kappa shape index (κ1) is 20.5. The van der Waals surface area contributed by atoms with Crippen LogP contribution in [0.25, 0.3) is 0 Å². The zero-order valence-corrected chi connectivity index (χ0v) is 16.4. The molecule has 1 amide bonds.